The molecule has 0 saturated carbocycles. The first-order chi connectivity index (χ1) is 16.4. The molecule has 2 heterocycles. The Morgan fingerprint density at radius 2 is 1.06 bits per heavy atom. The normalized spacial score (nSPS) is 17.0. The molecular weight excluding hydrogens is 419 g/mol. The maximum absolute atomic E-state index is 6.64. The number of para-hydroxylation sites is 2. The Balaban J connectivity index is 1.55. The molecule has 0 atom stereocenters. The second kappa shape index (κ2) is 7.59. The lowest BCUT2D eigenvalue weighted by molar-refractivity contribution is 0.00578. The molecule has 6 rings (SSSR count). The topological polar surface area (TPSA) is 31.6 Å². The van der Waals surface area contributed by atoms with Crippen LogP contribution in [-0.2, 0) is 9.31 Å². The van der Waals surface area contributed by atoms with Gasteiger partial charge >= 0.3 is 7.12 Å². The van der Waals surface area contributed by atoms with Gasteiger partial charge in [0.15, 0.2) is 0 Å². The Morgan fingerprint density at radius 3 is 1.74 bits per heavy atom. The molecule has 3 nitrogen and oxygen atoms in total. The molecule has 0 N–H and O–H groups in total. The summed E-state index contributed by atoms with van der Waals surface area (Å²) in [4.78, 5) is 0. The number of rotatable bonds is 3. The van der Waals surface area contributed by atoms with Crippen molar-refractivity contribution >= 4 is 34.5 Å². The molecule has 0 aliphatic carbocycles. The first kappa shape index (κ1) is 21.2. The minimum atomic E-state index is -0.444. The minimum Gasteiger partial charge on any atom is -0.455 e. The molecule has 0 amide bonds. The SMILES string of the molecule is CC1(C)OB(c2ccccc2-c2cccc3c2oc2c(-c4ccccc4)cccc23)OC1(C)C. The maximum Gasteiger partial charge on any atom is 0.495 e. The van der Waals surface area contributed by atoms with Crippen molar-refractivity contribution in [2.24, 2.45) is 0 Å². The lowest BCUT2D eigenvalue weighted by atomic mass is 9.74. The molecular formula is C30H27BO3. The van der Waals surface area contributed by atoms with E-state index in [1.54, 1.807) is 0 Å². The summed E-state index contributed by atoms with van der Waals surface area (Å²) in [5, 5.41) is 2.22. The summed E-state index contributed by atoms with van der Waals surface area (Å²) in [6, 6.07) is 31.4. The van der Waals surface area contributed by atoms with E-state index in [0.717, 1.165) is 49.7 Å². The maximum atomic E-state index is 6.64. The standard InChI is InChI=1S/C30H27BO3/c1-29(2)30(3,4)34-31(33-29)26-19-9-8-14-22(26)23-16-11-18-25-24-17-10-15-21(27(24)32-28(23)25)20-12-6-5-7-13-20/h5-19H,1-4H3. The summed E-state index contributed by atoms with van der Waals surface area (Å²) in [6.45, 7) is 8.34. The molecule has 4 aromatic carbocycles. The van der Waals surface area contributed by atoms with Crippen molar-refractivity contribution in [3.8, 4) is 22.3 Å². The van der Waals surface area contributed by atoms with Gasteiger partial charge in [0.2, 0.25) is 0 Å². The summed E-state index contributed by atoms with van der Waals surface area (Å²) in [6.07, 6.45) is 0. The zero-order valence-electron chi connectivity index (χ0n) is 20.0. The highest BCUT2D eigenvalue weighted by molar-refractivity contribution is 6.64. The van der Waals surface area contributed by atoms with Crippen LogP contribution in [0.4, 0.5) is 0 Å². The molecule has 1 aliphatic rings. The van der Waals surface area contributed by atoms with Crippen molar-refractivity contribution in [3.63, 3.8) is 0 Å². The van der Waals surface area contributed by atoms with E-state index in [4.69, 9.17) is 13.7 Å². The lowest BCUT2D eigenvalue weighted by Crippen LogP contribution is -2.41. The van der Waals surface area contributed by atoms with E-state index in [1.165, 1.54) is 0 Å². The van der Waals surface area contributed by atoms with E-state index in [-0.39, 0.29) is 0 Å². The summed E-state index contributed by atoms with van der Waals surface area (Å²) < 4.78 is 19.5. The minimum absolute atomic E-state index is 0.402. The van der Waals surface area contributed by atoms with Crippen molar-refractivity contribution < 1.29 is 13.7 Å². The van der Waals surface area contributed by atoms with Gasteiger partial charge in [0.1, 0.15) is 11.2 Å². The van der Waals surface area contributed by atoms with Gasteiger partial charge in [-0.25, -0.2) is 0 Å². The van der Waals surface area contributed by atoms with Crippen LogP contribution >= 0.6 is 0 Å². The van der Waals surface area contributed by atoms with Gasteiger partial charge in [-0.15, -0.1) is 0 Å². The molecule has 1 saturated heterocycles. The van der Waals surface area contributed by atoms with Crippen LogP contribution in [-0.4, -0.2) is 18.3 Å². The van der Waals surface area contributed by atoms with E-state index in [1.807, 2.05) is 12.1 Å². The molecule has 34 heavy (non-hydrogen) atoms. The number of furan rings is 1. The van der Waals surface area contributed by atoms with Crippen LogP contribution in [0, 0.1) is 0 Å². The van der Waals surface area contributed by atoms with Gasteiger partial charge in [0.05, 0.1) is 11.2 Å². The molecule has 5 aromatic rings. The van der Waals surface area contributed by atoms with E-state index in [9.17, 15) is 0 Å². The van der Waals surface area contributed by atoms with Crippen LogP contribution in [0.5, 0.6) is 0 Å². The van der Waals surface area contributed by atoms with Gasteiger partial charge < -0.3 is 13.7 Å². The van der Waals surface area contributed by atoms with Crippen molar-refractivity contribution in [3.05, 3.63) is 91.0 Å². The van der Waals surface area contributed by atoms with Crippen molar-refractivity contribution in [1.29, 1.82) is 0 Å². The number of fused-ring (bicyclic) bond motifs is 3. The average Bonchev–Trinajstić information content (AvgIpc) is 3.32. The quantitative estimate of drug-likeness (QED) is 0.274. The molecule has 0 spiro atoms. The lowest BCUT2D eigenvalue weighted by Gasteiger charge is -2.32. The highest BCUT2D eigenvalue weighted by Gasteiger charge is 2.52. The molecule has 1 fully saturated rings. The predicted octanol–water partition coefficient (Wildman–Crippen LogP) is 7.22. The Labute approximate surface area is 200 Å². The van der Waals surface area contributed by atoms with Crippen LogP contribution in [0.25, 0.3) is 44.2 Å². The summed E-state index contributed by atoms with van der Waals surface area (Å²) in [7, 11) is -0.444. The number of benzene rings is 4. The highest BCUT2D eigenvalue weighted by atomic mass is 16.7. The van der Waals surface area contributed by atoms with Gasteiger partial charge in [-0.05, 0) is 44.3 Å². The molecule has 1 aromatic heterocycles. The Morgan fingerprint density at radius 1 is 0.529 bits per heavy atom. The van der Waals surface area contributed by atoms with E-state index < -0.39 is 18.3 Å². The van der Waals surface area contributed by atoms with Gasteiger partial charge in [-0.2, -0.15) is 0 Å². The molecule has 168 valence electrons. The van der Waals surface area contributed by atoms with Gasteiger partial charge in [-0.1, -0.05) is 91.0 Å². The number of hydrogen-bond donors (Lipinski definition) is 0. The third-order valence-electron chi connectivity index (χ3n) is 7.37. The second-order valence-electron chi connectivity index (χ2n) is 10.0. The van der Waals surface area contributed by atoms with Gasteiger partial charge in [0, 0.05) is 21.9 Å². The monoisotopic (exact) mass is 446 g/mol. The summed E-state index contributed by atoms with van der Waals surface area (Å²) >= 11 is 0. The number of hydrogen-bond acceptors (Lipinski definition) is 3. The van der Waals surface area contributed by atoms with Crippen molar-refractivity contribution in [2.45, 2.75) is 38.9 Å². The zero-order chi connectivity index (χ0) is 23.5. The Hall–Kier alpha value is -3.34. The van der Waals surface area contributed by atoms with Gasteiger partial charge in [0.25, 0.3) is 0 Å². The fraction of sp³-hybridized carbons (Fsp3) is 0.200. The van der Waals surface area contributed by atoms with E-state index >= 15 is 0 Å². The van der Waals surface area contributed by atoms with Crippen molar-refractivity contribution in [2.75, 3.05) is 0 Å². The van der Waals surface area contributed by atoms with Crippen LogP contribution < -0.4 is 5.46 Å². The molecule has 0 bridgehead atoms. The highest BCUT2D eigenvalue weighted by Crippen LogP contribution is 2.41. The van der Waals surface area contributed by atoms with E-state index in [2.05, 4.69) is 107 Å². The Bertz CT molecular complexity index is 1500. The van der Waals surface area contributed by atoms with Crippen LogP contribution in [0.1, 0.15) is 27.7 Å². The zero-order valence-corrected chi connectivity index (χ0v) is 20.0. The Kier molecular flexibility index (Phi) is 4.74. The van der Waals surface area contributed by atoms with Crippen LogP contribution in [0.2, 0.25) is 0 Å². The fourth-order valence-electron chi connectivity index (χ4n) is 4.80. The molecule has 4 heteroatoms. The molecule has 1 aliphatic heterocycles. The van der Waals surface area contributed by atoms with Crippen LogP contribution in [0.3, 0.4) is 0 Å². The van der Waals surface area contributed by atoms with Crippen molar-refractivity contribution in [1.82, 2.24) is 0 Å². The molecule has 0 unspecified atom stereocenters. The first-order valence-corrected chi connectivity index (χ1v) is 11.8. The second-order valence-corrected chi connectivity index (χ2v) is 10.0. The average molecular weight is 446 g/mol. The third-order valence-corrected chi connectivity index (χ3v) is 7.37. The predicted molar refractivity (Wildman–Crippen MR) is 140 cm³/mol. The van der Waals surface area contributed by atoms with Crippen LogP contribution in [0.15, 0.2) is 95.4 Å². The smallest absolute Gasteiger partial charge is 0.455 e. The molecule has 0 radical (unpaired) electrons. The van der Waals surface area contributed by atoms with Gasteiger partial charge in [-0.3, -0.25) is 0 Å². The summed E-state index contributed by atoms with van der Waals surface area (Å²) in [5.74, 6) is 0. The van der Waals surface area contributed by atoms with E-state index in [0.29, 0.717) is 0 Å². The summed E-state index contributed by atoms with van der Waals surface area (Å²) in [5.41, 5.74) is 6.34. The third kappa shape index (κ3) is 3.21. The first-order valence-electron chi connectivity index (χ1n) is 11.8. The largest absolute Gasteiger partial charge is 0.495 e. The fourth-order valence-corrected chi connectivity index (χ4v) is 4.80.